The Morgan fingerprint density at radius 2 is 2.28 bits per heavy atom. The number of thiazole rings is 1. The number of esters is 1. The summed E-state index contributed by atoms with van der Waals surface area (Å²) in [7, 11) is 0. The molecule has 0 amide bonds. The Labute approximate surface area is 122 Å². The molecule has 0 aliphatic heterocycles. The van der Waals surface area contributed by atoms with Gasteiger partial charge in [0.1, 0.15) is 9.34 Å². The van der Waals surface area contributed by atoms with E-state index in [0.29, 0.717) is 20.3 Å². The largest absolute Gasteiger partial charge is 0.466 e. The van der Waals surface area contributed by atoms with Gasteiger partial charge in [-0.05, 0) is 13.0 Å². The van der Waals surface area contributed by atoms with E-state index in [1.54, 1.807) is 13.0 Å². The fraction of sp³-hybridized carbons (Fsp3) is 0.273. The van der Waals surface area contributed by atoms with E-state index in [-0.39, 0.29) is 12.4 Å². The lowest BCUT2D eigenvalue weighted by Gasteiger charge is -1.97. The lowest BCUT2D eigenvalue weighted by Crippen LogP contribution is -2.07. The van der Waals surface area contributed by atoms with Crippen LogP contribution in [0.1, 0.15) is 11.9 Å². The maximum atomic E-state index is 11.3. The number of halogens is 2. The molecular formula is C11H9Cl2NO2S2. The van der Waals surface area contributed by atoms with Crippen molar-refractivity contribution < 1.29 is 9.53 Å². The fourth-order valence-corrected chi connectivity index (χ4v) is 3.63. The molecule has 0 aromatic carbocycles. The number of ether oxygens (including phenoxy) is 1. The van der Waals surface area contributed by atoms with Crippen LogP contribution in [0.3, 0.4) is 0 Å². The molecule has 0 bridgehead atoms. The predicted molar refractivity (Wildman–Crippen MR) is 75.8 cm³/mol. The summed E-state index contributed by atoms with van der Waals surface area (Å²) in [6, 6.07) is 1.78. The molecule has 0 fully saturated rings. The van der Waals surface area contributed by atoms with Crippen LogP contribution in [0, 0.1) is 0 Å². The Morgan fingerprint density at radius 3 is 2.89 bits per heavy atom. The number of hydrogen-bond donors (Lipinski definition) is 0. The van der Waals surface area contributed by atoms with Crippen LogP contribution in [-0.2, 0) is 16.0 Å². The number of hydrogen-bond acceptors (Lipinski definition) is 5. The summed E-state index contributed by atoms with van der Waals surface area (Å²) in [5.74, 6) is -0.271. The molecular weight excluding hydrogens is 313 g/mol. The first kappa shape index (κ1) is 13.8. The summed E-state index contributed by atoms with van der Waals surface area (Å²) < 4.78 is 6.10. The zero-order valence-electron chi connectivity index (χ0n) is 9.41. The average molecular weight is 322 g/mol. The molecule has 7 heteroatoms. The van der Waals surface area contributed by atoms with Crippen LogP contribution in [-0.4, -0.2) is 17.6 Å². The van der Waals surface area contributed by atoms with Gasteiger partial charge in [-0.2, -0.15) is 0 Å². The molecule has 0 radical (unpaired) electrons. The first-order valence-corrected chi connectivity index (χ1v) is 7.60. The molecule has 2 aromatic rings. The number of carbonyl (C=O) groups is 1. The molecule has 0 saturated carbocycles. The van der Waals surface area contributed by atoms with Gasteiger partial charge < -0.3 is 4.74 Å². The van der Waals surface area contributed by atoms with Crippen molar-refractivity contribution in [2.24, 2.45) is 0 Å². The van der Waals surface area contributed by atoms with Crippen LogP contribution in [0.15, 0.2) is 11.4 Å². The highest BCUT2D eigenvalue weighted by Crippen LogP contribution is 2.38. The molecule has 0 aliphatic rings. The SMILES string of the molecule is CCOC(=O)Cc1nc(-c2cc(Cl)sc2Cl)cs1. The molecule has 0 spiro atoms. The molecule has 3 nitrogen and oxygen atoms in total. The summed E-state index contributed by atoms with van der Waals surface area (Å²) in [6.07, 6.45) is 0.188. The lowest BCUT2D eigenvalue weighted by atomic mass is 10.3. The van der Waals surface area contributed by atoms with Gasteiger partial charge in [-0.25, -0.2) is 4.98 Å². The van der Waals surface area contributed by atoms with Gasteiger partial charge in [0.05, 0.1) is 23.1 Å². The summed E-state index contributed by atoms with van der Waals surface area (Å²) >= 11 is 14.6. The van der Waals surface area contributed by atoms with Crippen molar-refractivity contribution in [3.8, 4) is 11.3 Å². The molecule has 0 atom stereocenters. The molecule has 2 rings (SSSR count). The molecule has 18 heavy (non-hydrogen) atoms. The molecule has 2 aromatic heterocycles. The number of rotatable bonds is 4. The average Bonchev–Trinajstić information content (AvgIpc) is 2.85. The number of aromatic nitrogens is 1. The lowest BCUT2D eigenvalue weighted by molar-refractivity contribution is -0.142. The van der Waals surface area contributed by atoms with Gasteiger partial charge in [-0.3, -0.25) is 4.79 Å². The fourth-order valence-electron chi connectivity index (χ4n) is 1.37. The minimum Gasteiger partial charge on any atom is -0.466 e. The smallest absolute Gasteiger partial charge is 0.312 e. The molecule has 96 valence electrons. The van der Waals surface area contributed by atoms with E-state index in [9.17, 15) is 4.79 Å². The van der Waals surface area contributed by atoms with E-state index in [0.717, 1.165) is 11.3 Å². The molecule has 0 N–H and O–H groups in total. The number of nitrogens with zero attached hydrogens (tertiary/aromatic N) is 1. The van der Waals surface area contributed by atoms with Crippen molar-refractivity contribution in [3.05, 3.63) is 25.1 Å². The first-order valence-electron chi connectivity index (χ1n) is 5.15. The third-order valence-electron chi connectivity index (χ3n) is 2.09. The van der Waals surface area contributed by atoms with E-state index < -0.39 is 0 Å². The Hall–Kier alpha value is -0.620. The van der Waals surface area contributed by atoms with E-state index in [4.69, 9.17) is 27.9 Å². The minimum absolute atomic E-state index is 0.188. The van der Waals surface area contributed by atoms with Crippen molar-refractivity contribution >= 4 is 51.8 Å². The second kappa shape index (κ2) is 6.02. The number of thiophene rings is 1. The summed E-state index contributed by atoms with van der Waals surface area (Å²) in [6.45, 7) is 2.15. The maximum absolute atomic E-state index is 11.3. The molecule has 2 heterocycles. The quantitative estimate of drug-likeness (QED) is 0.789. The van der Waals surface area contributed by atoms with Crippen molar-refractivity contribution in [1.29, 1.82) is 0 Å². The summed E-state index contributed by atoms with van der Waals surface area (Å²) in [5, 5.41) is 2.57. The Morgan fingerprint density at radius 1 is 1.50 bits per heavy atom. The highest BCUT2D eigenvalue weighted by Gasteiger charge is 2.13. The maximum Gasteiger partial charge on any atom is 0.312 e. The Kier molecular flexibility index (Phi) is 4.61. The molecule has 0 saturated heterocycles. The van der Waals surface area contributed by atoms with Gasteiger partial charge in [0.15, 0.2) is 0 Å². The summed E-state index contributed by atoms with van der Waals surface area (Å²) in [5.41, 5.74) is 1.55. The van der Waals surface area contributed by atoms with Crippen molar-refractivity contribution in [3.63, 3.8) is 0 Å². The third kappa shape index (κ3) is 3.23. The predicted octanol–water partition coefficient (Wildman–Crippen LogP) is 4.28. The highest BCUT2D eigenvalue weighted by molar-refractivity contribution is 7.20. The van der Waals surface area contributed by atoms with E-state index in [2.05, 4.69) is 4.98 Å². The monoisotopic (exact) mass is 321 g/mol. The van der Waals surface area contributed by atoms with Crippen LogP contribution in [0.5, 0.6) is 0 Å². The van der Waals surface area contributed by atoms with Crippen LogP contribution in [0.2, 0.25) is 8.67 Å². The van der Waals surface area contributed by atoms with E-state index in [1.165, 1.54) is 22.7 Å². The topological polar surface area (TPSA) is 39.2 Å². The highest BCUT2D eigenvalue weighted by atomic mass is 35.5. The third-order valence-corrected chi connectivity index (χ3v) is 4.42. The first-order chi connectivity index (χ1) is 8.60. The minimum atomic E-state index is -0.271. The van der Waals surface area contributed by atoms with E-state index in [1.807, 2.05) is 5.38 Å². The van der Waals surface area contributed by atoms with Gasteiger partial charge in [0, 0.05) is 10.9 Å². The van der Waals surface area contributed by atoms with Gasteiger partial charge in [0.2, 0.25) is 0 Å². The van der Waals surface area contributed by atoms with Crippen LogP contribution >= 0.6 is 45.9 Å². The standard InChI is InChI=1S/C11H9Cl2NO2S2/c1-2-16-10(15)4-9-14-7(5-17-9)6-3-8(12)18-11(6)13/h3,5H,2,4H2,1H3. The van der Waals surface area contributed by atoms with Crippen LogP contribution in [0.25, 0.3) is 11.3 Å². The van der Waals surface area contributed by atoms with Gasteiger partial charge in [-0.15, -0.1) is 22.7 Å². The van der Waals surface area contributed by atoms with Gasteiger partial charge in [0.25, 0.3) is 0 Å². The normalized spacial score (nSPS) is 10.6. The second-order valence-corrected chi connectivity index (χ2v) is 6.57. The summed E-state index contributed by atoms with van der Waals surface area (Å²) in [4.78, 5) is 15.7. The second-order valence-electron chi connectivity index (χ2n) is 3.35. The van der Waals surface area contributed by atoms with Gasteiger partial charge >= 0.3 is 5.97 Å². The van der Waals surface area contributed by atoms with Crippen LogP contribution in [0.4, 0.5) is 0 Å². The molecule has 0 aliphatic carbocycles. The zero-order valence-corrected chi connectivity index (χ0v) is 12.5. The Bertz CT molecular complexity index is 565. The van der Waals surface area contributed by atoms with E-state index >= 15 is 0 Å². The Balaban J connectivity index is 2.15. The number of carbonyl (C=O) groups excluding carboxylic acids is 1. The molecule has 0 unspecified atom stereocenters. The van der Waals surface area contributed by atoms with Crippen molar-refractivity contribution in [2.45, 2.75) is 13.3 Å². The van der Waals surface area contributed by atoms with Crippen LogP contribution < -0.4 is 0 Å². The van der Waals surface area contributed by atoms with Gasteiger partial charge in [-0.1, -0.05) is 23.2 Å². The zero-order chi connectivity index (χ0) is 13.1. The van der Waals surface area contributed by atoms with Crippen molar-refractivity contribution in [1.82, 2.24) is 4.98 Å². The van der Waals surface area contributed by atoms with Crippen molar-refractivity contribution in [2.75, 3.05) is 6.61 Å².